The summed E-state index contributed by atoms with van der Waals surface area (Å²) in [5.74, 6) is -17.0. The molecular weight excluding hydrogens is 1280 g/mol. The lowest BCUT2D eigenvalue weighted by Gasteiger charge is -2.31. The fourth-order valence-electron chi connectivity index (χ4n) is 10.4. The molecule has 40 heteroatoms. The second kappa shape index (κ2) is 45.0. The first kappa shape index (κ1) is 83.5. The Bertz CT molecular complexity index is 2770. The van der Waals surface area contributed by atoms with E-state index in [0.717, 1.165) is 9.80 Å². The highest BCUT2D eigenvalue weighted by Gasteiger charge is 2.42. The first-order valence-corrected chi connectivity index (χ1v) is 32.1. The van der Waals surface area contributed by atoms with Gasteiger partial charge in [0.2, 0.25) is 65.0 Å². The minimum atomic E-state index is -1.90. The van der Waals surface area contributed by atoms with E-state index < -0.39 is 188 Å². The van der Waals surface area contributed by atoms with Crippen LogP contribution in [0.5, 0.6) is 0 Å². The lowest BCUT2D eigenvalue weighted by Crippen LogP contribution is -2.59. The largest absolute Gasteiger partial charge is 0.481 e. The monoisotopic (exact) mass is 1380 g/mol. The van der Waals surface area contributed by atoms with Crippen LogP contribution in [0.2, 0.25) is 0 Å². The molecule has 2 fully saturated rings. The van der Waals surface area contributed by atoms with Crippen LogP contribution in [0.25, 0.3) is 0 Å². The summed E-state index contributed by atoms with van der Waals surface area (Å²) in [6, 6.07) is -14.8. The first-order valence-electron chi connectivity index (χ1n) is 32.1. The predicted molar refractivity (Wildman–Crippen MR) is 345 cm³/mol. The Morgan fingerprint density at radius 1 is 0.412 bits per heavy atom. The fraction of sp³-hybridized carbons (Fsp3) is 0.702. The van der Waals surface area contributed by atoms with Gasteiger partial charge in [-0.05, 0) is 129 Å². The maximum Gasteiger partial charge on any atom is 0.326 e. The Morgan fingerprint density at radius 3 is 1.20 bits per heavy atom. The van der Waals surface area contributed by atoms with Crippen LogP contribution in [0.3, 0.4) is 0 Å². The van der Waals surface area contributed by atoms with Crippen molar-refractivity contribution in [1.82, 2.24) is 57.7 Å². The number of carbonyl (C=O) groups excluding carboxylic acids is 11. The number of hydrogen-bond acceptors (Lipinski definition) is 21. The summed E-state index contributed by atoms with van der Waals surface area (Å²) in [5, 5.41) is 60.3. The Kier molecular flexibility index (Phi) is 38.7. The van der Waals surface area contributed by atoms with Crippen molar-refractivity contribution in [3.8, 4) is 0 Å². The topological polar surface area (TPSA) is 685 Å². The van der Waals surface area contributed by atoms with Crippen LogP contribution in [0.4, 0.5) is 0 Å². The molecule has 546 valence electrons. The third-order valence-corrected chi connectivity index (χ3v) is 15.4. The molecule has 2 aliphatic rings. The van der Waals surface area contributed by atoms with Gasteiger partial charge in [-0.1, -0.05) is 6.42 Å². The Labute approximate surface area is 559 Å². The Balaban J connectivity index is 2.33. The van der Waals surface area contributed by atoms with Gasteiger partial charge < -0.3 is 124 Å². The zero-order valence-electron chi connectivity index (χ0n) is 54.3. The first-order chi connectivity index (χ1) is 45.9. The zero-order chi connectivity index (χ0) is 72.7. The van der Waals surface area contributed by atoms with Crippen LogP contribution in [0.1, 0.15) is 135 Å². The van der Waals surface area contributed by atoms with Gasteiger partial charge in [-0.2, -0.15) is 0 Å². The number of hydrogen-bond donors (Lipinski definition) is 21. The highest BCUT2D eigenvalue weighted by Crippen LogP contribution is 2.23. The van der Waals surface area contributed by atoms with E-state index in [4.69, 9.17) is 45.9 Å². The molecule has 11 amide bonds. The highest BCUT2D eigenvalue weighted by atomic mass is 16.4. The number of aliphatic carboxylic acids is 4. The number of carboxylic acids is 4. The number of nitrogens with one attached hydrogen (secondary N) is 9. The van der Waals surface area contributed by atoms with Gasteiger partial charge in [0.1, 0.15) is 54.4 Å². The summed E-state index contributed by atoms with van der Waals surface area (Å²) in [6.45, 7) is -1.06. The Hall–Kier alpha value is -9.57. The van der Waals surface area contributed by atoms with Crippen LogP contribution in [-0.2, 0) is 71.9 Å². The van der Waals surface area contributed by atoms with E-state index in [1.54, 1.807) is 0 Å². The Morgan fingerprint density at radius 2 is 0.784 bits per heavy atom. The molecule has 0 aliphatic carbocycles. The highest BCUT2D eigenvalue weighted by molar-refractivity contribution is 6.00. The standard InChI is InChI=1S/C57H99N21O19/c58-20-4-1-11-31(61)46(87)68-29-41(79)70-37(27-44(83)84)49(90)72-33(13-3-6-22-60)48(89)75-35(18-19-43(81)82)54(95)78-26-9-16-39(78)51(92)73-32(12-2-5-21-59)47(88)69-30-42(80)71-38(28-45(85)86)50(91)74-34(14-7-23-66-56(62)63)53(94)77-25-10-17-40(77)52(93)76-36(55(96)97)15-8-24-67-57(64)65/h31-40H,1-30,58-61H2,(H,68,87)(H,69,88)(H,70,79)(H,71,80)(H,72,90)(H,73,92)(H,74,91)(H,75,89)(H,76,93)(H,81,82)(H,83,84)(H,85,86)(H,96,97)(H4,62,63,66)(H4,64,65,67)/t31-,32-,33-,34-,35-,36-,37-,38-,39-,40-/m0/s1. The van der Waals surface area contributed by atoms with Crippen molar-refractivity contribution < 1.29 is 92.3 Å². The van der Waals surface area contributed by atoms with Crippen LogP contribution in [0, 0.1) is 0 Å². The second-order valence-electron chi connectivity index (χ2n) is 23.2. The van der Waals surface area contributed by atoms with Gasteiger partial charge in [0.15, 0.2) is 11.9 Å². The van der Waals surface area contributed by atoms with Gasteiger partial charge in [0.05, 0.1) is 32.0 Å². The molecule has 2 heterocycles. The third kappa shape index (κ3) is 32.2. The number of amides is 11. The predicted octanol–water partition coefficient (Wildman–Crippen LogP) is -8.69. The molecule has 10 atom stereocenters. The molecule has 97 heavy (non-hydrogen) atoms. The van der Waals surface area contributed by atoms with Gasteiger partial charge in [-0.15, -0.1) is 0 Å². The van der Waals surface area contributed by atoms with Crippen molar-refractivity contribution in [2.45, 2.75) is 195 Å². The summed E-state index contributed by atoms with van der Waals surface area (Å²) >= 11 is 0. The average Bonchev–Trinajstić information content (AvgIpc) is 1.74. The molecule has 0 unspecified atom stereocenters. The minimum absolute atomic E-state index is 0.00297. The molecular formula is C57H99N21O19. The summed E-state index contributed by atoms with van der Waals surface area (Å²) < 4.78 is 0. The van der Waals surface area contributed by atoms with Gasteiger partial charge in [0.25, 0.3) is 0 Å². The number of guanidine groups is 2. The average molecular weight is 1380 g/mol. The van der Waals surface area contributed by atoms with E-state index in [0.29, 0.717) is 32.2 Å². The molecule has 2 aliphatic heterocycles. The van der Waals surface area contributed by atoms with E-state index in [1.165, 1.54) is 0 Å². The number of rotatable bonds is 48. The molecule has 0 aromatic rings. The molecule has 0 aromatic heterocycles. The van der Waals surface area contributed by atoms with Crippen LogP contribution >= 0.6 is 0 Å². The smallest absolute Gasteiger partial charge is 0.326 e. The molecule has 29 N–H and O–H groups in total. The lowest BCUT2D eigenvalue weighted by atomic mass is 10.0. The van der Waals surface area contributed by atoms with Gasteiger partial charge >= 0.3 is 23.9 Å². The summed E-state index contributed by atoms with van der Waals surface area (Å²) in [4.78, 5) is 209. The normalized spacial score (nSPS) is 16.5. The lowest BCUT2D eigenvalue weighted by molar-refractivity contribution is -0.145. The van der Waals surface area contributed by atoms with E-state index in [2.05, 4.69) is 57.8 Å². The third-order valence-electron chi connectivity index (χ3n) is 15.4. The molecule has 0 radical (unpaired) electrons. The SMILES string of the molecule is NCCCC[C@H](NC(=O)[C@H](CC(=O)O)NC(=O)CNC(=O)[C@@H](N)CCCCN)C(=O)N[C@@H](CCC(=O)O)C(=O)N1CCC[C@H]1C(=O)N[C@@H](CCCCN)C(=O)NCC(=O)N[C@@H](CC(=O)O)C(=O)N[C@@H](CCCN=C(N)N)C(=O)N1CCC[C@H]1C(=O)N[C@@H](CCCN=C(N)N)C(=O)O. The fourth-order valence-corrected chi connectivity index (χ4v) is 10.4. The van der Waals surface area contributed by atoms with Crippen LogP contribution < -0.4 is 93.7 Å². The van der Waals surface area contributed by atoms with Gasteiger partial charge in [0, 0.05) is 32.6 Å². The van der Waals surface area contributed by atoms with Gasteiger partial charge in [-0.25, -0.2) is 4.79 Å². The van der Waals surface area contributed by atoms with E-state index >= 15 is 0 Å². The summed E-state index contributed by atoms with van der Waals surface area (Å²) in [7, 11) is 0. The summed E-state index contributed by atoms with van der Waals surface area (Å²) in [5.41, 5.74) is 44.3. The zero-order valence-corrected chi connectivity index (χ0v) is 54.3. The van der Waals surface area contributed by atoms with E-state index in [1.807, 2.05) is 0 Å². The molecule has 0 bridgehead atoms. The molecule has 0 aromatic carbocycles. The van der Waals surface area contributed by atoms with Crippen molar-refractivity contribution in [3.05, 3.63) is 0 Å². The number of unbranched alkanes of at least 4 members (excludes halogenated alkanes) is 3. The van der Waals surface area contributed by atoms with Crippen molar-refractivity contribution in [2.24, 2.45) is 55.9 Å². The maximum absolute atomic E-state index is 14.5. The van der Waals surface area contributed by atoms with E-state index in [9.17, 15) is 92.3 Å². The van der Waals surface area contributed by atoms with Crippen molar-refractivity contribution in [3.63, 3.8) is 0 Å². The molecule has 0 spiro atoms. The molecule has 2 saturated heterocycles. The van der Waals surface area contributed by atoms with Crippen molar-refractivity contribution >= 4 is 101 Å². The van der Waals surface area contributed by atoms with E-state index in [-0.39, 0.29) is 135 Å². The summed E-state index contributed by atoms with van der Waals surface area (Å²) in [6.07, 6.45) is -0.544. The number of carbonyl (C=O) groups is 15. The number of likely N-dealkylation sites (tertiary alicyclic amines) is 2. The molecule has 40 nitrogen and oxygen atoms in total. The number of nitrogens with two attached hydrogens (primary N) is 8. The molecule has 0 saturated carbocycles. The van der Waals surface area contributed by atoms with Crippen LogP contribution in [0.15, 0.2) is 9.98 Å². The second-order valence-corrected chi connectivity index (χ2v) is 23.2. The minimum Gasteiger partial charge on any atom is -0.481 e. The maximum atomic E-state index is 14.5. The quantitative estimate of drug-likeness (QED) is 0.0153. The number of aliphatic imine (C=N–C) groups is 2. The van der Waals surface area contributed by atoms with Crippen molar-refractivity contribution in [2.75, 3.05) is 58.9 Å². The number of nitrogens with zero attached hydrogens (tertiary/aromatic N) is 4. The number of carboxylic acid groups (broad SMARTS) is 4. The van der Waals surface area contributed by atoms with Crippen molar-refractivity contribution in [1.29, 1.82) is 0 Å². The van der Waals surface area contributed by atoms with Gasteiger partial charge in [-0.3, -0.25) is 77.1 Å². The van der Waals surface area contributed by atoms with Crippen LogP contribution in [-0.4, -0.2) is 250 Å². The molecule has 2 rings (SSSR count).